The molecule has 2 aromatic carbocycles. The van der Waals surface area contributed by atoms with Gasteiger partial charge >= 0.3 is 0 Å². The number of benzene rings is 2. The lowest BCUT2D eigenvalue weighted by atomic mass is 10.1. The molecule has 0 aliphatic carbocycles. The number of carbonyl (C=O) groups excluding carboxylic acids is 2. The van der Waals surface area contributed by atoms with Gasteiger partial charge in [0.25, 0.3) is 11.8 Å². The molecule has 0 spiro atoms. The Morgan fingerprint density at radius 2 is 1.44 bits per heavy atom. The summed E-state index contributed by atoms with van der Waals surface area (Å²) in [5.74, 6) is -0.421. The van der Waals surface area contributed by atoms with Crippen LogP contribution >= 0.6 is 0 Å². The van der Waals surface area contributed by atoms with E-state index in [0.29, 0.717) is 35.5 Å². The molecule has 0 saturated heterocycles. The average molecular weight is 340 g/mol. The maximum Gasteiger partial charge on any atom is 0.253 e. The van der Waals surface area contributed by atoms with Crippen LogP contribution in [0.1, 0.15) is 40.5 Å². The standard InChI is InChI=1S/C19H24N4O2/c1-2-13(23-19(25)15-8-4-6-10-17(15)21)11-12-22-18(24)14-7-3-5-9-16(14)20/h3-10,13H,2,11-12,20-21H2,1H3,(H,22,24)(H,23,25). The molecular weight excluding hydrogens is 316 g/mol. The molecule has 25 heavy (non-hydrogen) atoms. The third-order valence-electron chi connectivity index (χ3n) is 4.02. The molecule has 0 radical (unpaired) electrons. The second-order valence-corrected chi connectivity index (χ2v) is 5.80. The molecule has 1 unspecified atom stereocenters. The highest BCUT2D eigenvalue weighted by Crippen LogP contribution is 2.12. The summed E-state index contributed by atoms with van der Waals surface area (Å²) in [4.78, 5) is 24.4. The minimum Gasteiger partial charge on any atom is -0.398 e. The van der Waals surface area contributed by atoms with Crippen LogP contribution in [0.5, 0.6) is 0 Å². The maximum absolute atomic E-state index is 12.3. The molecule has 2 amide bonds. The summed E-state index contributed by atoms with van der Waals surface area (Å²) in [6.07, 6.45) is 1.37. The normalized spacial score (nSPS) is 11.6. The van der Waals surface area contributed by atoms with Crippen molar-refractivity contribution in [3.05, 3.63) is 59.7 Å². The highest BCUT2D eigenvalue weighted by atomic mass is 16.2. The Morgan fingerprint density at radius 1 is 0.920 bits per heavy atom. The summed E-state index contributed by atoms with van der Waals surface area (Å²) in [5.41, 5.74) is 13.4. The van der Waals surface area contributed by atoms with Gasteiger partial charge in [0.05, 0.1) is 11.1 Å². The van der Waals surface area contributed by atoms with Crippen LogP contribution in [0.15, 0.2) is 48.5 Å². The molecule has 0 fully saturated rings. The quantitative estimate of drug-likeness (QED) is 0.579. The molecule has 1 atom stereocenters. The van der Waals surface area contributed by atoms with E-state index in [-0.39, 0.29) is 17.9 Å². The van der Waals surface area contributed by atoms with Crippen LogP contribution in [0.4, 0.5) is 11.4 Å². The van der Waals surface area contributed by atoms with Crippen molar-refractivity contribution >= 4 is 23.2 Å². The van der Waals surface area contributed by atoms with Crippen LogP contribution in [-0.4, -0.2) is 24.4 Å². The molecule has 132 valence electrons. The van der Waals surface area contributed by atoms with Crippen molar-refractivity contribution in [2.75, 3.05) is 18.0 Å². The van der Waals surface area contributed by atoms with Gasteiger partial charge in [-0.15, -0.1) is 0 Å². The first-order valence-electron chi connectivity index (χ1n) is 8.31. The zero-order chi connectivity index (χ0) is 18.2. The number of carbonyl (C=O) groups is 2. The van der Waals surface area contributed by atoms with Crippen LogP contribution in [0.25, 0.3) is 0 Å². The largest absolute Gasteiger partial charge is 0.398 e. The van der Waals surface area contributed by atoms with Gasteiger partial charge < -0.3 is 22.1 Å². The molecule has 0 heterocycles. The van der Waals surface area contributed by atoms with E-state index in [9.17, 15) is 9.59 Å². The van der Waals surface area contributed by atoms with Gasteiger partial charge in [-0.25, -0.2) is 0 Å². The van der Waals surface area contributed by atoms with Gasteiger partial charge in [-0.05, 0) is 37.1 Å². The fourth-order valence-corrected chi connectivity index (χ4v) is 2.50. The fraction of sp³-hybridized carbons (Fsp3) is 0.263. The van der Waals surface area contributed by atoms with E-state index < -0.39 is 0 Å². The van der Waals surface area contributed by atoms with Crippen molar-refractivity contribution in [3.8, 4) is 0 Å². The molecule has 2 rings (SSSR count). The summed E-state index contributed by atoms with van der Waals surface area (Å²) in [6.45, 7) is 2.42. The van der Waals surface area contributed by atoms with E-state index in [4.69, 9.17) is 11.5 Å². The zero-order valence-electron chi connectivity index (χ0n) is 14.3. The highest BCUT2D eigenvalue weighted by molar-refractivity contribution is 5.99. The number of rotatable bonds is 7. The monoisotopic (exact) mass is 340 g/mol. The second kappa shape index (κ2) is 8.73. The van der Waals surface area contributed by atoms with E-state index >= 15 is 0 Å². The highest BCUT2D eigenvalue weighted by Gasteiger charge is 2.15. The van der Waals surface area contributed by atoms with Gasteiger partial charge in [-0.3, -0.25) is 9.59 Å². The van der Waals surface area contributed by atoms with Gasteiger partial charge in [-0.2, -0.15) is 0 Å². The van der Waals surface area contributed by atoms with E-state index in [1.807, 2.05) is 6.92 Å². The molecule has 0 bridgehead atoms. The number of para-hydroxylation sites is 2. The average Bonchev–Trinajstić information content (AvgIpc) is 2.61. The summed E-state index contributed by atoms with van der Waals surface area (Å²) >= 11 is 0. The smallest absolute Gasteiger partial charge is 0.253 e. The number of anilines is 2. The topological polar surface area (TPSA) is 110 Å². The van der Waals surface area contributed by atoms with E-state index in [2.05, 4.69) is 10.6 Å². The van der Waals surface area contributed by atoms with Crippen molar-refractivity contribution < 1.29 is 9.59 Å². The Morgan fingerprint density at radius 3 is 1.96 bits per heavy atom. The Balaban J connectivity index is 1.86. The SMILES string of the molecule is CCC(CCNC(=O)c1ccccc1N)NC(=O)c1ccccc1N. The second-order valence-electron chi connectivity index (χ2n) is 5.80. The third kappa shape index (κ3) is 4.97. The number of hydrogen-bond donors (Lipinski definition) is 4. The number of nitrogen functional groups attached to an aromatic ring is 2. The number of nitrogens with two attached hydrogens (primary N) is 2. The summed E-state index contributed by atoms with van der Waals surface area (Å²) in [5, 5.41) is 5.79. The maximum atomic E-state index is 12.3. The van der Waals surface area contributed by atoms with Crippen LogP contribution in [0, 0.1) is 0 Å². The van der Waals surface area contributed by atoms with Crippen molar-refractivity contribution in [2.45, 2.75) is 25.8 Å². The van der Waals surface area contributed by atoms with E-state index in [0.717, 1.165) is 6.42 Å². The first-order valence-corrected chi connectivity index (χ1v) is 8.31. The van der Waals surface area contributed by atoms with Gasteiger partial charge in [0, 0.05) is 24.0 Å². The predicted molar refractivity (Wildman–Crippen MR) is 100 cm³/mol. The Labute approximate surface area is 147 Å². The summed E-state index contributed by atoms with van der Waals surface area (Å²) in [6, 6.07) is 13.8. The molecule has 6 nitrogen and oxygen atoms in total. The zero-order valence-corrected chi connectivity index (χ0v) is 14.3. The minimum atomic E-state index is -0.216. The number of nitrogens with one attached hydrogen (secondary N) is 2. The lowest BCUT2D eigenvalue weighted by molar-refractivity contribution is 0.0933. The van der Waals surface area contributed by atoms with E-state index in [1.54, 1.807) is 48.5 Å². The number of hydrogen-bond acceptors (Lipinski definition) is 4. The van der Waals surface area contributed by atoms with Crippen molar-refractivity contribution in [1.29, 1.82) is 0 Å². The van der Waals surface area contributed by atoms with Gasteiger partial charge in [-0.1, -0.05) is 31.2 Å². The Hall–Kier alpha value is -3.02. The lowest BCUT2D eigenvalue weighted by Gasteiger charge is -2.18. The molecule has 0 aromatic heterocycles. The molecule has 2 aromatic rings. The van der Waals surface area contributed by atoms with Crippen LogP contribution in [-0.2, 0) is 0 Å². The molecule has 0 aliphatic rings. The van der Waals surface area contributed by atoms with Gasteiger partial charge in [0.15, 0.2) is 0 Å². The van der Waals surface area contributed by atoms with Gasteiger partial charge in [0.1, 0.15) is 0 Å². The fourth-order valence-electron chi connectivity index (χ4n) is 2.50. The third-order valence-corrected chi connectivity index (χ3v) is 4.02. The lowest BCUT2D eigenvalue weighted by Crippen LogP contribution is -2.38. The van der Waals surface area contributed by atoms with Gasteiger partial charge in [0.2, 0.25) is 0 Å². The first kappa shape index (κ1) is 18.3. The van der Waals surface area contributed by atoms with Crippen molar-refractivity contribution in [3.63, 3.8) is 0 Å². The number of amides is 2. The first-order chi connectivity index (χ1) is 12.0. The predicted octanol–water partition coefficient (Wildman–Crippen LogP) is 2.18. The van der Waals surface area contributed by atoms with Crippen LogP contribution in [0.2, 0.25) is 0 Å². The molecule has 6 N–H and O–H groups in total. The molecule has 0 aliphatic heterocycles. The van der Waals surface area contributed by atoms with Crippen molar-refractivity contribution in [1.82, 2.24) is 10.6 Å². The molecule has 6 heteroatoms. The Bertz CT molecular complexity index is 746. The van der Waals surface area contributed by atoms with Crippen LogP contribution in [0.3, 0.4) is 0 Å². The summed E-state index contributed by atoms with van der Waals surface area (Å²) in [7, 11) is 0. The van der Waals surface area contributed by atoms with Crippen LogP contribution < -0.4 is 22.1 Å². The van der Waals surface area contributed by atoms with Crippen molar-refractivity contribution in [2.24, 2.45) is 0 Å². The summed E-state index contributed by atoms with van der Waals surface area (Å²) < 4.78 is 0. The Kier molecular flexibility index (Phi) is 6.39. The molecular formula is C19H24N4O2. The minimum absolute atomic E-state index is 0.0551. The molecule has 0 saturated carbocycles. The van der Waals surface area contributed by atoms with E-state index in [1.165, 1.54) is 0 Å².